The van der Waals surface area contributed by atoms with Crippen molar-refractivity contribution in [3.8, 4) is 5.75 Å². The number of carbonyl (C=O) groups is 1. The van der Waals surface area contributed by atoms with Crippen molar-refractivity contribution in [3.05, 3.63) is 29.3 Å². The second-order valence-electron chi connectivity index (χ2n) is 5.41. The molecule has 0 spiro atoms. The molecule has 0 saturated carbocycles. The summed E-state index contributed by atoms with van der Waals surface area (Å²) in [6.07, 6.45) is 0.840. The van der Waals surface area contributed by atoms with Gasteiger partial charge in [-0.2, -0.15) is 0 Å². The minimum atomic E-state index is -0.249. The lowest BCUT2D eigenvalue weighted by Crippen LogP contribution is -2.35. The summed E-state index contributed by atoms with van der Waals surface area (Å²) in [6, 6.07) is 4.99. The van der Waals surface area contributed by atoms with Crippen molar-refractivity contribution in [1.29, 1.82) is 0 Å². The van der Waals surface area contributed by atoms with Gasteiger partial charge in [0, 0.05) is 6.54 Å². The number of amides is 1. The summed E-state index contributed by atoms with van der Waals surface area (Å²) < 4.78 is 0. The molecule has 0 heterocycles. The monoisotopic (exact) mass is 250 g/mol. The van der Waals surface area contributed by atoms with Gasteiger partial charge in [-0.1, -0.05) is 25.5 Å². The molecule has 1 rings (SSSR count). The largest absolute Gasteiger partial charge is 0.507 e. The Hall–Kier alpha value is -1.55. The first-order valence-electron chi connectivity index (χ1n) is 6.13. The Balaban J connectivity index is 2.69. The molecule has 0 aliphatic rings. The molecule has 0 unspecified atom stereocenters. The summed E-state index contributed by atoms with van der Waals surface area (Å²) in [7, 11) is 0. The van der Waals surface area contributed by atoms with E-state index in [1.807, 2.05) is 6.92 Å². The first-order chi connectivity index (χ1) is 8.35. The Morgan fingerprint density at radius 3 is 2.72 bits per heavy atom. The van der Waals surface area contributed by atoms with Crippen molar-refractivity contribution in [2.75, 3.05) is 13.1 Å². The van der Waals surface area contributed by atoms with Crippen molar-refractivity contribution < 1.29 is 9.90 Å². The molecule has 0 aliphatic heterocycles. The minimum Gasteiger partial charge on any atom is -0.507 e. The van der Waals surface area contributed by atoms with E-state index in [-0.39, 0.29) is 17.1 Å². The molecule has 0 fully saturated rings. The van der Waals surface area contributed by atoms with Gasteiger partial charge in [-0.3, -0.25) is 4.79 Å². The SMILES string of the molecule is Cc1ccc(O)c(C(=O)NCC(C)(C)CCN)c1. The van der Waals surface area contributed by atoms with Gasteiger partial charge >= 0.3 is 0 Å². The van der Waals surface area contributed by atoms with Crippen molar-refractivity contribution in [3.63, 3.8) is 0 Å². The molecular weight excluding hydrogens is 228 g/mol. The van der Waals surface area contributed by atoms with Crippen LogP contribution in [0.1, 0.15) is 36.2 Å². The number of nitrogens with two attached hydrogens (primary N) is 1. The van der Waals surface area contributed by atoms with Gasteiger partial charge in [0.1, 0.15) is 5.75 Å². The van der Waals surface area contributed by atoms with E-state index in [4.69, 9.17) is 5.73 Å². The molecule has 0 aromatic heterocycles. The summed E-state index contributed by atoms with van der Waals surface area (Å²) in [5.74, 6) is -0.240. The summed E-state index contributed by atoms with van der Waals surface area (Å²) in [4.78, 5) is 12.0. The van der Waals surface area contributed by atoms with Crippen LogP contribution in [0.4, 0.5) is 0 Å². The van der Waals surface area contributed by atoms with Crippen molar-refractivity contribution in [1.82, 2.24) is 5.32 Å². The van der Waals surface area contributed by atoms with E-state index in [1.54, 1.807) is 12.1 Å². The smallest absolute Gasteiger partial charge is 0.255 e. The van der Waals surface area contributed by atoms with Gasteiger partial charge in [0.05, 0.1) is 5.56 Å². The van der Waals surface area contributed by atoms with Gasteiger partial charge in [-0.25, -0.2) is 0 Å². The van der Waals surface area contributed by atoms with Gasteiger partial charge < -0.3 is 16.2 Å². The fraction of sp³-hybridized carbons (Fsp3) is 0.500. The Bertz CT molecular complexity index is 428. The molecule has 4 heteroatoms. The Morgan fingerprint density at radius 1 is 1.44 bits per heavy atom. The number of benzene rings is 1. The van der Waals surface area contributed by atoms with Crippen LogP contribution in [0.2, 0.25) is 0 Å². The van der Waals surface area contributed by atoms with Gasteiger partial charge in [0.15, 0.2) is 0 Å². The average molecular weight is 250 g/mol. The summed E-state index contributed by atoms with van der Waals surface area (Å²) in [6.45, 7) is 7.12. The van der Waals surface area contributed by atoms with Crippen LogP contribution < -0.4 is 11.1 Å². The highest BCUT2D eigenvalue weighted by atomic mass is 16.3. The second-order valence-corrected chi connectivity index (χ2v) is 5.41. The number of phenolic OH excluding ortho intramolecular Hbond substituents is 1. The fourth-order valence-corrected chi connectivity index (χ4v) is 1.73. The van der Waals surface area contributed by atoms with E-state index >= 15 is 0 Å². The average Bonchev–Trinajstić information content (AvgIpc) is 2.29. The van der Waals surface area contributed by atoms with E-state index in [9.17, 15) is 9.90 Å². The molecule has 0 radical (unpaired) electrons. The van der Waals surface area contributed by atoms with Crippen molar-refractivity contribution >= 4 is 5.91 Å². The topological polar surface area (TPSA) is 75.3 Å². The molecule has 4 N–H and O–H groups in total. The Morgan fingerprint density at radius 2 is 2.11 bits per heavy atom. The zero-order valence-corrected chi connectivity index (χ0v) is 11.3. The standard InChI is InChI=1S/C14H22N2O2/c1-10-4-5-12(17)11(8-10)13(18)16-9-14(2,3)6-7-15/h4-5,8,17H,6-7,9,15H2,1-3H3,(H,16,18). The van der Waals surface area contributed by atoms with Crippen LogP contribution >= 0.6 is 0 Å². The molecule has 18 heavy (non-hydrogen) atoms. The van der Waals surface area contributed by atoms with E-state index in [1.165, 1.54) is 6.07 Å². The Kier molecular flexibility index (Phi) is 4.73. The number of hydrogen-bond donors (Lipinski definition) is 3. The van der Waals surface area contributed by atoms with E-state index in [2.05, 4.69) is 19.2 Å². The minimum absolute atomic E-state index is 0.00901. The van der Waals surface area contributed by atoms with Gasteiger partial charge in [0.25, 0.3) is 5.91 Å². The predicted molar refractivity (Wildman–Crippen MR) is 72.6 cm³/mol. The summed E-state index contributed by atoms with van der Waals surface area (Å²) >= 11 is 0. The first-order valence-corrected chi connectivity index (χ1v) is 6.13. The molecule has 0 saturated heterocycles. The molecular formula is C14H22N2O2. The molecule has 4 nitrogen and oxygen atoms in total. The highest BCUT2D eigenvalue weighted by Crippen LogP contribution is 2.20. The molecule has 1 amide bonds. The zero-order valence-electron chi connectivity index (χ0n) is 11.3. The quantitative estimate of drug-likeness (QED) is 0.746. The molecule has 1 aromatic carbocycles. The number of hydrogen-bond acceptors (Lipinski definition) is 3. The normalized spacial score (nSPS) is 11.3. The third kappa shape index (κ3) is 4.04. The first kappa shape index (κ1) is 14.5. The van der Waals surface area contributed by atoms with Gasteiger partial charge in [-0.05, 0) is 37.4 Å². The summed E-state index contributed by atoms with van der Waals surface area (Å²) in [5.41, 5.74) is 6.75. The fourth-order valence-electron chi connectivity index (χ4n) is 1.73. The number of carbonyl (C=O) groups excluding carboxylic acids is 1. The molecule has 1 aromatic rings. The number of aryl methyl sites for hydroxylation is 1. The molecule has 0 aliphatic carbocycles. The number of phenols is 1. The molecule has 0 bridgehead atoms. The maximum atomic E-state index is 12.0. The van der Waals surface area contributed by atoms with E-state index in [0.717, 1.165) is 12.0 Å². The van der Waals surface area contributed by atoms with Crippen molar-refractivity contribution in [2.24, 2.45) is 11.1 Å². The Labute approximate surface area is 108 Å². The molecule has 0 atom stereocenters. The maximum absolute atomic E-state index is 12.0. The van der Waals surface area contributed by atoms with Gasteiger partial charge in [0.2, 0.25) is 0 Å². The van der Waals surface area contributed by atoms with Crippen LogP contribution in [-0.2, 0) is 0 Å². The summed E-state index contributed by atoms with van der Waals surface area (Å²) in [5, 5.41) is 12.5. The predicted octanol–water partition coefficient (Wildman–Crippen LogP) is 1.81. The second kappa shape index (κ2) is 5.87. The maximum Gasteiger partial charge on any atom is 0.255 e. The van der Waals surface area contributed by atoms with E-state index in [0.29, 0.717) is 18.7 Å². The zero-order chi connectivity index (χ0) is 13.8. The third-order valence-corrected chi connectivity index (χ3v) is 2.95. The van der Waals surface area contributed by atoms with Crippen LogP contribution in [0, 0.1) is 12.3 Å². The number of aromatic hydroxyl groups is 1. The van der Waals surface area contributed by atoms with Crippen molar-refractivity contribution in [2.45, 2.75) is 27.2 Å². The lowest BCUT2D eigenvalue weighted by Gasteiger charge is -2.24. The number of nitrogens with one attached hydrogen (secondary N) is 1. The molecule has 100 valence electrons. The van der Waals surface area contributed by atoms with Crippen LogP contribution in [-0.4, -0.2) is 24.1 Å². The lowest BCUT2D eigenvalue weighted by molar-refractivity contribution is 0.0932. The highest BCUT2D eigenvalue weighted by molar-refractivity contribution is 5.97. The highest BCUT2D eigenvalue weighted by Gasteiger charge is 2.19. The van der Waals surface area contributed by atoms with Crippen LogP contribution in [0.15, 0.2) is 18.2 Å². The number of rotatable bonds is 5. The van der Waals surface area contributed by atoms with Gasteiger partial charge in [-0.15, -0.1) is 0 Å². The third-order valence-electron chi connectivity index (χ3n) is 2.95. The van der Waals surface area contributed by atoms with Crippen LogP contribution in [0.3, 0.4) is 0 Å². The van der Waals surface area contributed by atoms with Crippen LogP contribution in [0.25, 0.3) is 0 Å². The van der Waals surface area contributed by atoms with Crippen LogP contribution in [0.5, 0.6) is 5.75 Å². The van der Waals surface area contributed by atoms with E-state index < -0.39 is 0 Å². The lowest BCUT2D eigenvalue weighted by atomic mass is 9.89.